The molecule has 7 N–H and O–H groups in total. The van der Waals surface area contributed by atoms with E-state index < -0.39 is 84.5 Å². The summed E-state index contributed by atoms with van der Waals surface area (Å²) < 4.78 is 16.8. The summed E-state index contributed by atoms with van der Waals surface area (Å²) in [5.74, 6) is -4.47. The van der Waals surface area contributed by atoms with Gasteiger partial charge < -0.3 is 46.1 Å². The summed E-state index contributed by atoms with van der Waals surface area (Å²) in [6.07, 6.45) is 0.994. The fourth-order valence-electron chi connectivity index (χ4n) is 4.42. The summed E-state index contributed by atoms with van der Waals surface area (Å²) in [7, 11) is 0. The number of hydrogen-bond acceptors (Lipinski definition) is 10. The third-order valence-corrected chi connectivity index (χ3v) is 6.92. The van der Waals surface area contributed by atoms with E-state index in [2.05, 4.69) is 22.9 Å². The molecule has 1 rings (SSSR count). The minimum Gasteiger partial charge on any atom is -0.481 e. The van der Waals surface area contributed by atoms with Crippen molar-refractivity contribution >= 4 is 35.6 Å². The van der Waals surface area contributed by atoms with Crippen LogP contribution in [0.5, 0.6) is 0 Å². The smallest absolute Gasteiger partial charge is 0.305 e. The summed E-state index contributed by atoms with van der Waals surface area (Å²) in [5.41, 5.74) is 5.23. The van der Waals surface area contributed by atoms with Crippen molar-refractivity contribution in [1.29, 1.82) is 0 Å². The molecule has 15 heteroatoms. The molecule has 1 aliphatic rings. The zero-order valence-corrected chi connectivity index (χ0v) is 25.5. The highest BCUT2D eigenvalue weighted by Crippen LogP contribution is 2.21. The third-order valence-electron chi connectivity index (χ3n) is 6.92. The molecule has 0 aromatic heterocycles. The van der Waals surface area contributed by atoms with E-state index in [1.54, 1.807) is 0 Å². The summed E-state index contributed by atoms with van der Waals surface area (Å²) in [6.45, 7) is 5.78. The summed E-state index contributed by atoms with van der Waals surface area (Å²) in [5, 5.41) is 27.1. The van der Waals surface area contributed by atoms with Crippen LogP contribution in [-0.4, -0.2) is 102 Å². The van der Waals surface area contributed by atoms with Gasteiger partial charge in [-0.2, -0.15) is 0 Å². The molecule has 1 fully saturated rings. The lowest BCUT2D eigenvalue weighted by atomic mass is 9.97. The average molecular weight is 633 g/mol. The normalized spacial score (nSPS) is 21.5. The van der Waals surface area contributed by atoms with Crippen LogP contribution < -0.4 is 21.7 Å². The topological polar surface area (TPSA) is 233 Å². The van der Waals surface area contributed by atoms with Gasteiger partial charge >= 0.3 is 11.9 Å². The molecule has 1 heterocycles. The van der Waals surface area contributed by atoms with Crippen molar-refractivity contribution in [3.8, 4) is 0 Å². The van der Waals surface area contributed by atoms with Crippen molar-refractivity contribution in [2.45, 2.75) is 135 Å². The van der Waals surface area contributed by atoms with Gasteiger partial charge in [0.1, 0.15) is 43.1 Å². The van der Waals surface area contributed by atoms with Gasteiger partial charge in [0.2, 0.25) is 23.6 Å². The van der Waals surface area contributed by atoms with Crippen LogP contribution in [0, 0.1) is 0 Å². The summed E-state index contributed by atoms with van der Waals surface area (Å²) in [6, 6.07) is -3.23. The van der Waals surface area contributed by atoms with Gasteiger partial charge in [0.15, 0.2) is 0 Å². The Hall–Kier alpha value is -3.30. The van der Waals surface area contributed by atoms with E-state index in [0.29, 0.717) is 6.42 Å². The number of nitrogens with two attached hydrogens (primary N) is 1. The standard InChI is InChI=1S/C28H48N4O11.CH4/c1-5-6-7-8-9-10-11-23(36)42-15-21-24(37)25(20(14-41-21)31-18(4)33)43-17(3)28(40)30-16(2)27(39)32-19(26(29)38)12-13-22(34)35;/h16-17,19-21,24-25,37H,5-15H2,1-4H3,(H2,29,38)(H,30,40)(H,31,33)(H,32,39)(H,34,35);1H4/t16-,17?,19+,20-,21+,24+,25-;/m0./s1. The lowest BCUT2D eigenvalue weighted by Crippen LogP contribution is -2.62. The monoisotopic (exact) mass is 632 g/mol. The van der Waals surface area contributed by atoms with Gasteiger partial charge in [-0.25, -0.2) is 0 Å². The van der Waals surface area contributed by atoms with Gasteiger partial charge in [-0.1, -0.05) is 46.5 Å². The molecule has 0 spiro atoms. The van der Waals surface area contributed by atoms with Crippen LogP contribution in [0.4, 0.5) is 0 Å². The van der Waals surface area contributed by atoms with Gasteiger partial charge in [-0.15, -0.1) is 0 Å². The number of unbranched alkanes of at least 4 members (excludes halogenated alkanes) is 5. The molecule has 0 bridgehead atoms. The molecule has 4 amide bonds. The molecule has 0 aliphatic carbocycles. The van der Waals surface area contributed by atoms with Crippen molar-refractivity contribution in [2.24, 2.45) is 5.73 Å². The summed E-state index contributed by atoms with van der Waals surface area (Å²) in [4.78, 5) is 71.6. The first kappa shape index (κ1) is 40.7. The fourth-order valence-corrected chi connectivity index (χ4v) is 4.42. The molecule has 15 nitrogen and oxygen atoms in total. The number of hydrogen-bond donors (Lipinski definition) is 6. The minimum atomic E-state index is -1.38. The second kappa shape index (κ2) is 21.4. The maximum absolute atomic E-state index is 12.8. The Morgan fingerprint density at radius 3 is 2.20 bits per heavy atom. The number of aliphatic carboxylic acids is 1. The fraction of sp³-hybridized carbons (Fsp3) is 0.793. The van der Waals surface area contributed by atoms with Crippen LogP contribution in [0.15, 0.2) is 0 Å². The quantitative estimate of drug-likeness (QED) is 0.0789. The number of rotatable bonds is 20. The number of carbonyl (C=O) groups is 6. The Bertz CT molecular complexity index is 948. The predicted molar refractivity (Wildman–Crippen MR) is 159 cm³/mol. The average Bonchev–Trinajstić information content (AvgIpc) is 2.93. The molecule has 44 heavy (non-hydrogen) atoms. The van der Waals surface area contributed by atoms with Gasteiger partial charge in [-0.3, -0.25) is 28.8 Å². The zero-order chi connectivity index (χ0) is 32.5. The predicted octanol–water partition coefficient (Wildman–Crippen LogP) is 0.294. The number of ether oxygens (including phenoxy) is 3. The number of carbonyl (C=O) groups excluding carboxylic acids is 5. The third kappa shape index (κ3) is 15.4. The van der Waals surface area contributed by atoms with E-state index in [-0.39, 0.29) is 33.5 Å². The molecule has 0 saturated carbocycles. The molecule has 0 aromatic rings. The van der Waals surface area contributed by atoms with E-state index in [9.17, 15) is 33.9 Å². The molecule has 0 aromatic carbocycles. The Labute approximate surface area is 259 Å². The van der Waals surface area contributed by atoms with Crippen molar-refractivity contribution in [3.63, 3.8) is 0 Å². The van der Waals surface area contributed by atoms with Crippen LogP contribution in [-0.2, 0) is 43.0 Å². The maximum atomic E-state index is 12.8. The molecule has 0 radical (unpaired) electrons. The van der Waals surface area contributed by atoms with E-state index in [1.165, 1.54) is 20.8 Å². The molecule has 254 valence electrons. The van der Waals surface area contributed by atoms with Crippen LogP contribution >= 0.6 is 0 Å². The number of aliphatic hydroxyl groups excluding tert-OH is 1. The number of nitrogens with one attached hydrogen (secondary N) is 3. The van der Waals surface area contributed by atoms with Crippen LogP contribution in [0.3, 0.4) is 0 Å². The number of primary amides is 1. The minimum absolute atomic E-state index is 0. The second-order valence-corrected chi connectivity index (χ2v) is 10.7. The van der Waals surface area contributed by atoms with Crippen molar-refractivity contribution in [3.05, 3.63) is 0 Å². The highest BCUT2D eigenvalue weighted by atomic mass is 16.6. The molecule has 7 atom stereocenters. The van der Waals surface area contributed by atoms with Crippen LogP contribution in [0.25, 0.3) is 0 Å². The number of amides is 4. The van der Waals surface area contributed by atoms with E-state index in [1.807, 2.05) is 0 Å². The highest BCUT2D eigenvalue weighted by Gasteiger charge is 2.43. The van der Waals surface area contributed by atoms with Gasteiger partial charge in [0.25, 0.3) is 0 Å². The maximum Gasteiger partial charge on any atom is 0.305 e. The van der Waals surface area contributed by atoms with E-state index in [0.717, 1.165) is 32.1 Å². The van der Waals surface area contributed by atoms with Crippen LogP contribution in [0.1, 0.15) is 92.9 Å². The summed E-state index contributed by atoms with van der Waals surface area (Å²) >= 11 is 0. The lowest BCUT2D eigenvalue weighted by Gasteiger charge is -2.41. The van der Waals surface area contributed by atoms with Gasteiger partial charge in [0, 0.05) is 19.8 Å². The number of aliphatic hydroxyl groups is 1. The second-order valence-electron chi connectivity index (χ2n) is 10.7. The van der Waals surface area contributed by atoms with Gasteiger partial charge in [-0.05, 0) is 26.7 Å². The Morgan fingerprint density at radius 2 is 1.61 bits per heavy atom. The molecular formula is C29H52N4O11. The molecular weight excluding hydrogens is 580 g/mol. The Morgan fingerprint density at radius 1 is 0.977 bits per heavy atom. The lowest BCUT2D eigenvalue weighted by molar-refractivity contribution is -0.198. The number of carboxylic acid groups (broad SMARTS) is 1. The molecule has 1 saturated heterocycles. The first-order valence-corrected chi connectivity index (χ1v) is 14.8. The molecule has 1 aliphatic heterocycles. The van der Waals surface area contributed by atoms with Crippen molar-refractivity contribution < 1.29 is 53.2 Å². The molecule has 1 unspecified atom stereocenters. The van der Waals surface area contributed by atoms with Crippen LogP contribution in [0.2, 0.25) is 0 Å². The Kier molecular flexibility index (Phi) is 19.8. The largest absolute Gasteiger partial charge is 0.481 e. The van der Waals surface area contributed by atoms with Crippen molar-refractivity contribution in [2.75, 3.05) is 13.2 Å². The van der Waals surface area contributed by atoms with Crippen molar-refractivity contribution in [1.82, 2.24) is 16.0 Å². The van der Waals surface area contributed by atoms with Gasteiger partial charge in [0.05, 0.1) is 12.6 Å². The van der Waals surface area contributed by atoms with E-state index >= 15 is 0 Å². The number of carboxylic acids is 1. The zero-order valence-electron chi connectivity index (χ0n) is 25.5. The van der Waals surface area contributed by atoms with E-state index in [4.69, 9.17) is 25.1 Å². The SMILES string of the molecule is C.CCCCCCCCC(=O)OC[C@H]1OC[C@H](NC(C)=O)[C@H](OC(C)C(=O)N[C@@H](C)C(=O)N[C@H](CCC(=O)O)C(N)=O)[C@@H]1O. The number of esters is 1. The first-order chi connectivity index (χ1) is 20.3. The Balaban J connectivity index is 0.0000185. The first-order valence-electron chi connectivity index (χ1n) is 14.8. The highest BCUT2D eigenvalue weighted by molar-refractivity contribution is 5.92.